The van der Waals surface area contributed by atoms with Gasteiger partial charge in [0.15, 0.2) is 0 Å². The van der Waals surface area contributed by atoms with E-state index in [0.29, 0.717) is 37.6 Å². The van der Waals surface area contributed by atoms with Crippen LogP contribution < -0.4 is 0 Å². The Bertz CT molecular complexity index is 821. The number of halogens is 2. The molecule has 0 spiro atoms. The Kier molecular flexibility index (Phi) is 5.42. The van der Waals surface area contributed by atoms with E-state index in [2.05, 4.69) is 15.2 Å². The number of nitrogens with one attached hydrogen (secondary N) is 1. The Morgan fingerprint density at radius 3 is 2.91 bits per heavy atom. The van der Waals surface area contributed by atoms with Crippen molar-refractivity contribution in [3.8, 4) is 11.6 Å². The van der Waals surface area contributed by atoms with Crippen LogP contribution in [0, 0.1) is 0 Å². The van der Waals surface area contributed by atoms with Crippen LogP contribution in [0.1, 0.15) is 0 Å². The monoisotopic (exact) mass is 387 g/mol. The summed E-state index contributed by atoms with van der Waals surface area (Å²) >= 11 is 13.3. The van der Waals surface area contributed by atoms with Crippen molar-refractivity contribution in [1.82, 2.24) is 15.2 Å². The Labute approximate surface area is 149 Å². The molecule has 0 bridgehead atoms. The smallest absolute Gasteiger partial charge is 0.276 e. The van der Waals surface area contributed by atoms with E-state index in [1.165, 1.54) is 11.8 Å². The zero-order valence-electron chi connectivity index (χ0n) is 11.7. The fraction of sp³-hybridized carbons (Fsp3) is 0.143. The summed E-state index contributed by atoms with van der Waals surface area (Å²) in [5, 5.41) is 9.31. The van der Waals surface area contributed by atoms with Crippen molar-refractivity contribution in [2.45, 2.75) is 10.1 Å². The summed E-state index contributed by atoms with van der Waals surface area (Å²) < 4.78 is 17.8. The predicted molar refractivity (Wildman–Crippen MR) is 92.5 cm³/mol. The molecule has 1 atom stereocenters. The maximum Gasteiger partial charge on any atom is 0.276 e. The lowest BCUT2D eigenvalue weighted by Gasteiger charge is -2.04. The molecule has 0 aliphatic rings. The van der Waals surface area contributed by atoms with Gasteiger partial charge in [-0.2, -0.15) is 0 Å². The SMILES string of the molecule is O=[S@@](CCSc1nnc(-c2ccc[nH]2)o1)c1cc(Cl)ccc1Cl. The first-order chi connectivity index (χ1) is 11.1. The highest BCUT2D eigenvalue weighted by molar-refractivity contribution is 8.00. The van der Waals surface area contributed by atoms with Crippen molar-refractivity contribution in [2.24, 2.45) is 0 Å². The first kappa shape index (κ1) is 16.6. The number of hydrogen-bond acceptors (Lipinski definition) is 5. The van der Waals surface area contributed by atoms with Gasteiger partial charge < -0.3 is 9.40 Å². The Morgan fingerprint density at radius 1 is 1.26 bits per heavy atom. The van der Waals surface area contributed by atoms with Crippen molar-refractivity contribution in [3.05, 3.63) is 46.6 Å². The van der Waals surface area contributed by atoms with Crippen molar-refractivity contribution >= 4 is 45.8 Å². The van der Waals surface area contributed by atoms with Gasteiger partial charge in [-0.15, -0.1) is 10.2 Å². The fourth-order valence-electron chi connectivity index (χ4n) is 1.81. The molecule has 5 nitrogen and oxygen atoms in total. The van der Waals surface area contributed by atoms with Gasteiger partial charge in [-0.3, -0.25) is 4.21 Å². The summed E-state index contributed by atoms with van der Waals surface area (Å²) in [6.45, 7) is 0. The quantitative estimate of drug-likeness (QED) is 0.639. The van der Waals surface area contributed by atoms with Crippen LogP contribution in [0.2, 0.25) is 10.0 Å². The van der Waals surface area contributed by atoms with Gasteiger partial charge in [0.2, 0.25) is 0 Å². The molecule has 0 saturated carbocycles. The molecule has 0 unspecified atom stereocenters. The first-order valence-corrected chi connectivity index (χ1v) is 9.63. The van der Waals surface area contributed by atoms with E-state index in [0.717, 1.165) is 5.69 Å². The maximum absolute atomic E-state index is 12.3. The lowest BCUT2D eigenvalue weighted by molar-refractivity contribution is 0.465. The van der Waals surface area contributed by atoms with Gasteiger partial charge in [0.25, 0.3) is 11.1 Å². The average molecular weight is 388 g/mol. The standard InChI is InChI=1S/C14H11Cl2N3O2S2/c15-9-3-4-10(16)12(8-9)23(20)7-6-22-14-19-18-13(21-14)11-2-1-5-17-11/h1-5,8,17H,6-7H2/t23-/m0/s1. The summed E-state index contributed by atoms with van der Waals surface area (Å²) in [4.78, 5) is 3.53. The van der Waals surface area contributed by atoms with Crippen molar-refractivity contribution < 1.29 is 8.63 Å². The van der Waals surface area contributed by atoms with Crippen LogP contribution in [0.15, 0.2) is 51.1 Å². The largest absolute Gasteiger partial charge is 0.410 e. The van der Waals surface area contributed by atoms with Crippen molar-refractivity contribution in [3.63, 3.8) is 0 Å². The number of rotatable bonds is 6. The molecule has 0 aliphatic heterocycles. The number of thioether (sulfide) groups is 1. The molecule has 2 heterocycles. The Balaban J connectivity index is 1.57. The fourth-order valence-corrected chi connectivity index (χ4v) is 4.53. The molecule has 3 aromatic rings. The molecule has 0 aliphatic carbocycles. The summed E-state index contributed by atoms with van der Waals surface area (Å²) in [5.41, 5.74) is 0.763. The van der Waals surface area contributed by atoms with Crippen molar-refractivity contribution in [2.75, 3.05) is 11.5 Å². The van der Waals surface area contributed by atoms with E-state index in [9.17, 15) is 4.21 Å². The second-order valence-electron chi connectivity index (χ2n) is 4.43. The molecule has 2 aromatic heterocycles. The molecule has 0 amide bonds. The van der Waals surface area contributed by atoms with Crippen LogP contribution in [-0.2, 0) is 10.8 Å². The van der Waals surface area contributed by atoms with Gasteiger partial charge in [-0.25, -0.2) is 0 Å². The normalized spacial score (nSPS) is 12.4. The van der Waals surface area contributed by atoms with Crippen molar-refractivity contribution in [1.29, 1.82) is 0 Å². The van der Waals surface area contributed by atoms with E-state index in [-0.39, 0.29) is 0 Å². The highest BCUT2D eigenvalue weighted by Gasteiger charge is 2.12. The van der Waals surface area contributed by atoms with Gasteiger partial charge in [0.05, 0.1) is 20.7 Å². The van der Waals surface area contributed by atoms with Gasteiger partial charge in [0, 0.05) is 22.7 Å². The Hall–Kier alpha value is -1.28. The van der Waals surface area contributed by atoms with Gasteiger partial charge in [-0.05, 0) is 30.3 Å². The van der Waals surface area contributed by atoms with Gasteiger partial charge in [0.1, 0.15) is 5.69 Å². The average Bonchev–Trinajstić information content (AvgIpc) is 3.20. The van der Waals surface area contributed by atoms with Crippen LogP contribution in [0.25, 0.3) is 11.6 Å². The van der Waals surface area contributed by atoms with E-state index in [4.69, 9.17) is 27.6 Å². The minimum Gasteiger partial charge on any atom is -0.410 e. The predicted octanol–water partition coefficient (Wildman–Crippen LogP) is 4.27. The van der Waals surface area contributed by atoms with E-state index >= 15 is 0 Å². The lowest BCUT2D eigenvalue weighted by Crippen LogP contribution is -2.01. The molecule has 1 N–H and O–H groups in total. The van der Waals surface area contributed by atoms with Crippen LogP contribution in [-0.4, -0.2) is 30.9 Å². The first-order valence-electron chi connectivity index (χ1n) is 6.57. The second kappa shape index (κ2) is 7.53. The minimum atomic E-state index is -1.23. The van der Waals surface area contributed by atoms with Crippen LogP contribution in [0.3, 0.4) is 0 Å². The number of nitrogens with zero attached hydrogens (tertiary/aromatic N) is 2. The zero-order chi connectivity index (χ0) is 16.2. The third-order valence-electron chi connectivity index (χ3n) is 2.87. The van der Waals surface area contributed by atoms with Crippen LogP contribution in [0.4, 0.5) is 0 Å². The number of aromatic nitrogens is 3. The summed E-state index contributed by atoms with van der Waals surface area (Å²) in [6, 6.07) is 8.63. The van der Waals surface area contributed by atoms with E-state index in [1.807, 2.05) is 12.1 Å². The molecule has 120 valence electrons. The number of benzene rings is 1. The molecule has 9 heteroatoms. The zero-order valence-corrected chi connectivity index (χ0v) is 14.8. The Morgan fingerprint density at radius 2 is 2.13 bits per heavy atom. The minimum absolute atomic E-state index is 0.408. The second-order valence-corrected chi connectivity index (χ2v) is 7.86. The third kappa shape index (κ3) is 4.17. The highest BCUT2D eigenvalue weighted by Crippen LogP contribution is 2.26. The molecule has 0 radical (unpaired) electrons. The number of hydrogen-bond donors (Lipinski definition) is 1. The molecule has 0 fully saturated rings. The molecule has 23 heavy (non-hydrogen) atoms. The summed E-state index contributed by atoms with van der Waals surface area (Å²) in [5.74, 6) is 1.39. The third-order valence-corrected chi connectivity index (χ3v) is 6.03. The van der Waals surface area contributed by atoms with Gasteiger partial charge in [-0.1, -0.05) is 35.0 Å². The molecular weight excluding hydrogens is 377 g/mol. The maximum atomic E-state index is 12.3. The number of aromatic amines is 1. The van der Waals surface area contributed by atoms with E-state index < -0.39 is 10.8 Å². The molecule has 1 aromatic carbocycles. The topological polar surface area (TPSA) is 71.8 Å². The highest BCUT2D eigenvalue weighted by atomic mass is 35.5. The molecular formula is C14H11Cl2N3O2S2. The summed E-state index contributed by atoms with van der Waals surface area (Å²) in [7, 11) is -1.23. The molecule has 3 rings (SSSR count). The number of H-pyrrole nitrogens is 1. The van der Waals surface area contributed by atoms with Crippen LogP contribution in [0.5, 0.6) is 0 Å². The van der Waals surface area contributed by atoms with Gasteiger partial charge >= 0.3 is 0 Å². The lowest BCUT2D eigenvalue weighted by atomic mass is 10.4. The van der Waals surface area contributed by atoms with Crippen LogP contribution >= 0.6 is 35.0 Å². The summed E-state index contributed by atoms with van der Waals surface area (Å²) in [6.07, 6.45) is 1.78. The van der Waals surface area contributed by atoms with E-state index in [1.54, 1.807) is 24.4 Å². The molecule has 0 saturated heterocycles.